The van der Waals surface area contributed by atoms with Gasteiger partial charge in [0.1, 0.15) is 11.6 Å². The third kappa shape index (κ3) is 1.75. The summed E-state index contributed by atoms with van der Waals surface area (Å²) in [4.78, 5) is 10.6. The number of hydrogen-bond acceptors (Lipinski definition) is 1. The molecule has 0 fully saturated rings. The first-order valence-corrected chi connectivity index (χ1v) is 4.21. The molecule has 2 nitrogen and oxygen atoms in total. The zero-order chi connectivity index (χ0) is 9.35. The summed E-state index contributed by atoms with van der Waals surface area (Å²) < 4.78 is 14.0. The highest BCUT2D eigenvalue weighted by molar-refractivity contribution is 9.11. The van der Waals surface area contributed by atoms with Crippen molar-refractivity contribution in [1.29, 1.82) is 0 Å². The zero-order valence-corrected chi connectivity index (χ0v) is 8.01. The van der Waals surface area contributed by atoms with Crippen LogP contribution < -0.4 is 0 Å². The van der Waals surface area contributed by atoms with Crippen LogP contribution >= 0.6 is 15.9 Å². The van der Waals surface area contributed by atoms with Crippen LogP contribution in [0.5, 0.6) is 0 Å². The molecule has 1 aliphatic rings. The lowest BCUT2D eigenvalue weighted by Crippen LogP contribution is -2.34. The van der Waals surface area contributed by atoms with E-state index in [9.17, 15) is 9.18 Å². The summed E-state index contributed by atoms with van der Waals surface area (Å²) >= 11 is 3.09. The van der Waals surface area contributed by atoms with E-state index in [-0.39, 0.29) is 0 Å². The number of halogens is 2. The van der Waals surface area contributed by atoms with E-state index >= 15 is 0 Å². The van der Waals surface area contributed by atoms with Crippen molar-refractivity contribution in [3.63, 3.8) is 0 Å². The standard InChI is InChI=1S/C8H8BrFO2/c1-8(10)3-2-5(9)4-6(8)7(11)12/h2-4,6H,1H3,(H,11,12). The van der Waals surface area contributed by atoms with Gasteiger partial charge in [-0.2, -0.15) is 0 Å². The molecule has 0 saturated heterocycles. The summed E-state index contributed by atoms with van der Waals surface area (Å²) in [6.07, 6.45) is 4.11. The number of carboxylic acid groups (broad SMARTS) is 1. The normalized spacial score (nSPS) is 34.6. The molecule has 0 amide bonds. The quantitative estimate of drug-likeness (QED) is 0.756. The smallest absolute Gasteiger partial charge is 0.314 e. The van der Waals surface area contributed by atoms with Gasteiger partial charge >= 0.3 is 5.97 Å². The van der Waals surface area contributed by atoms with Crippen LogP contribution in [0.1, 0.15) is 6.92 Å². The molecule has 0 aromatic carbocycles. The van der Waals surface area contributed by atoms with E-state index < -0.39 is 17.6 Å². The van der Waals surface area contributed by atoms with Crippen LogP contribution in [0.15, 0.2) is 22.7 Å². The van der Waals surface area contributed by atoms with Crippen LogP contribution in [0.25, 0.3) is 0 Å². The van der Waals surface area contributed by atoms with Crippen molar-refractivity contribution >= 4 is 21.9 Å². The molecule has 1 N–H and O–H groups in total. The third-order valence-corrected chi connectivity index (χ3v) is 2.30. The molecule has 12 heavy (non-hydrogen) atoms. The van der Waals surface area contributed by atoms with Gasteiger partial charge in [0.2, 0.25) is 0 Å². The van der Waals surface area contributed by atoms with Crippen LogP contribution in [-0.2, 0) is 4.79 Å². The molecule has 2 atom stereocenters. The molecule has 1 aliphatic carbocycles. The van der Waals surface area contributed by atoms with Gasteiger partial charge < -0.3 is 5.11 Å². The van der Waals surface area contributed by atoms with Gasteiger partial charge in [0.25, 0.3) is 0 Å². The summed E-state index contributed by atoms with van der Waals surface area (Å²) in [5, 5.41) is 8.65. The predicted molar refractivity (Wildman–Crippen MR) is 46.8 cm³/mol. The molecule has 1 rings (SSSR count). The molecule has 0 bridgehead atoms. The van der Waals surface area contributed by atoms with Gasteiger partial charge in [0.05, 0.1) is 0 Å². The maximum Gasteiger partial charge on any atom is 0.314 e. The lowest BCUT2D eigenvalue weighted by Gasteiger charge is -2.24. The minimum absolute atomic E-state index is 0.602. The van der Waals surface area contributed by atoms with E-state index in [0.717, 1.165) is 0 Å². The van der Waals surface area contributed by atoms with Gasteiger partial charge in [-0.1, -0.05) is 22.0 Å². The fraction of sp³-hybridized carbons (Fsp3) is 0.375. The van der Waals surface area contributed by atoms with E-state index in [1.54, 1.807) is 0 Å². The van der Waals surface area contributed by atoms with E-state index in [2.05, 4.69) is 15.9 Å². The summed E-state index contributed by atoms with van der Waals surface area (Å²) in [5.74, 6) is -2.25. The molecule has 0 aromatic heterocycles. The Morgan fingerprint density at radius 3 is 2.83 bits per heavy atom. The molecule has 0 aromatic rings. The Bertz CT molecular complexity index is 268. The van der Waals surface area contributed by atoms with Crippen LogP contribution in [0, 0.1) is 5.92 Å². The Labute approximate surface area is 77.9 Å². The van der Waals surface area contributed by atoms with Crippen molar-refractivity contribution in [3.05, 3.63) is 22.7 Å². The average Bonchev–Trinajstić information content (AvgIpc) is 1.94. The molecule has 66 valence electrons. The van der Waals surface area contributed by atoms with Crippen LogP contribution in [-0.4, -0.2) is 16.7 Å². The maximum absolute atomic E-state index is 13.4. The maximum atomic E-state index is 13.4. The molecular weight excluding hydrogens is 227 g/mol. The topological polar surface area (TPSA) is 37.3 Å². The van der Waals surface area contributed by atoms with Crippen LogP contribution in [0.4, 0.5) is 4.39 Å². The monoisotopic (exact) mass is 234 g/mol. The number of carbonyl (C=O) groups is 1. The van der Waals surface area contributed by atoms with Gasteiger partial charge in [-0.05, 0) is 19.1 Å². The van der Waals surface area contributed by atoms with Crippen molar-refractivity contribution in [2.24, 2.45) is 5.92 Å². The first-order valence-electron chi connectivity index (χ1n) is 3.42. The first-order chi connectivity index (χ1) is 5.43. The van der Waals surface area contributed by atoms with Crippen LogP contribution in [0.3, 0.4) is 0 Å². The molecule has 0 heterocycles. The summed E-state index contributed by atoms with van der Waals surface area (Å²) in [6, 6.07) is 0. The Balaban J connectivity index is 2.98. The largest absolute Gasteiger partial charge is 0.481 e. The lowest BCUT2D eigenvalue weighted by molar-refractivity contribution is -0.143. The highest BCUT2D eigenvalue weighted by Crippen LogP contribution is 2.32. The van der Waals surface area contributed by atoms with Crippen molar-refractivity contribution in [3.8, 4) is 0 Å². The summed E-state index contributed by atoms with van der Waals surface area (Å²) in [7, 11) is 0. The molecule has 0 spiro atoms. The van der Waals surface area contributed by atoms with Crippen molar-refractivity contribution < 1.29 is 14.3 Å². The van der Waals surface area contributed by atoms with Gasteiger partial charge in [-0.25, -0.2) is 4.39 Å². The molecule has 4 heteroatoms. The molecule has 0 aliphatic heterocycles. The van der Waals surface area contributed by atoms with Gasteiger partial charge in [-0.15, -0.1) is 0 Å². The Hall–Kier alpha value is -0.640. The zero-order valence-electron chi connectivity index (χ0n) is 6.42. The number of carboxylic acids is 1. The van der Waals surface area contributed by atoms with E-state index in [1.807, 2.05) is 0 Å². The Morgan fingerprint density at radius 1 is 1.83 bits per heavy atom. The average molecular weight is 235 g/mol. The van der Waals surface area contributed by atoms with E-state index in [1.165, 1.54) is 25.2 Å². The highest BCUT2D eigenvalue weighted by Gasteiger charge is 2.37. The second kappa shape index (κ2) is 3.01. The lowest BCUT2D eigenvalue weighted by atomic mass is 9.87. The molecule has 2 unspecified atom stereocenters. The fourth-order valence-corrected chi connectivity index (χ4v) is 1.43. The van der Waals surface area contributed by atoms with Gasteiger partial charge in [-0.3, -0.25) is 4.79 Å². The number of aliphatic carboxylic acids is 1. The number of rotatable bonds is 1. The highest BCUT2D eigenvalue weighted by atomic mass is 79.9. The minimum Gasteiger partial charge on any atom is -0.481 e. The van der Waals surface area contributed by atoms with Crippen molar-refractivity contribution in [2.45, 2.75) is 12.6 Å². The summed E-state index contributed by atoms with van der Waals surface area (Å²) in [6.45, 7) is 1.25. The van der Waals surface area contributed by atoms with Crippen molar-refractivity contribution in [2.75, 3.05) is 0 Å². The van der Waals surface area contributed by atoms with E-state index in [0.29, 0.717) is 4.48 Å². The van der Waals surface area contributed by atoms with Crippen LogP contribution in [0.2, 0.25) is 0 Å². The predicted octanol–water partition coefficient (Wildman–Crippen LogP) is 2.26. The number of alkyl halides is 1. The Kier molecular flexibility index (Phi) is 2.37. The second-order valence-electron chi connectivity index (χ2n) is 2.85. The number of allylic oxidation sites excluding steroid dienone is 3. The van der Waals surface area contributed by atoms with Crippen molar-refractivity contribution in [1.82, 2.24) is 0 Å². The second-order valence-corrected chi connectivity index (χ2v) is 3.77. The third-order valence-electron chi connectivity index (χ3n) is 1.77. The SMILES string of the molecule is CC1(F)C=CC(Br)=CC1C(=O)O. The molecular formula is C8H8BrFO2. The molecule has 0 saturated carbocycles. The molecule has 0 radical (unpaired) electrons. The van der Waals surface area contributed by atoms with Gasteiger partial charge in [0, 0.05) is 4.48 Å². The first kappa shape index (κ1) is 9.45. The summed E-state index contributed by atoms with van der Waals surface area (Å²) in [5.41, 5.74) is -1.79. The van der Waals surface area contributed by atoms with E-state index in [4.69, 9.17) is 5.11 Å². The fourth-order valence-electron chi connectivity index (χ4n) is 1.04. The minimum atomic E-state index is -1.79. The Morgan fingerprint density at radius 2 is 2.42 bits per heavy atom. The van der Waals surface area contributed by atoms with Gasteiger partial charge in [0.15, 0.2) is 0 Å². The number of hydrogen-bond donors (Lipinski definition) is 1.